The quantitative estimate of drug-likeness (QED) is 0.568. The molecule has 1 aromatic heterocycles. The van der Waals surface area contributed by atoms with Crippen molar-refractivity contribution in [3.05, 3.63) is 63.5 Å². The molecule has 3 aromatic rings. The van der Waals surface area contributed by atoms with Gasteiger partial charge in [0.2, 0.25) is 11.5 Å². The second kappa shape index (κ2) is 8.34. The van der Waals surface area contributed by atoms with Crippen LogP contribution in [-0.2, 0) is 0 Å². The molecule has 1 aliphatic heterocycles. The summed E-state index contributed by atoms with van der Waals surface area (Å²) in [5.41, 5.74) is 1.23. The van der Waals surface area contributed by atoms with Crippen molar-refractivity contribution in [3.63, 3.8) is 0 Å². The fourth-order valence-electron chi connectivity index (χ4n) is 4.13. The van der Waals surface area contributed by atoms with Gasteiger partial charge in [0.1, 0.15) is 5.58 Å². The lowest BCUT2D eigenvalue weighted by Crippen LogP contribution is -2.30. The standard InChI is InChI=1S/C24H25NO6/c1-5-6-11-25-20(14-12-17(28-2)22(30-4)18(13-14)29-3)19-21(26)15-9-7-8-10-16(15)31-23(19)24(25)27/h7-10,12-13,20H,5-6,11H2,1-4H3. The van der Waals surface area contributed by atoms with E-state index in [1.165, 1.54) is 21.3 Å². The van der Waals surface area contributed by atoms with Crippen LogP contribution in [-0.4, -0.2) is 38.7 Å². The largest absolute Gasteiger partial charge is 0.493 e. The predicted octanol–water partition coefficient (Wildman–Crippen LogP) is 4.16. The Morgan fingerprint density at radius 1 is 1.00 bits per heavy atom. The molecule has 7 heteroatoms. The summed E-state index contributed by atoms with van der Waals surface area (Å²) < 4.78 is 22.4. The van der Waals surface area contributed by atoms with E-state index in [4.69, 9.17) is 18.6 Å². The van der Waals surface area contributed by atoms with Crippen molar-refractivity contribution in [2.75, 3.05) is 27.9 Å². The highest BCUT2D eigenvalue weighted by Crippen LogP contribution is 2.45. The third kappa shape index (κ3) is 3.30. The van der Waals surface area contributed by atoms with Gasteiger partial charge in [-0.2, -0.15) is 0 Å². The number of amides is 1. The van der Waals surface area contributed by atoms with E-state index in [2.05, 4.69) is 6.92 Å². The Hall–Kier alpha value is -3.48. The second-order valence-electron chi connectivity index (χ2n) is 7.38. The maximum Gasteiger partial charge on any atom is 0.290 e. The third-order valence-electron chi connectivity index (χ3n) is 5.63. The number of benzene rings is 2. The van der Waals surface area contributed by atoms with Gasteiger partial charge in [0.05, 0.1) is 38.3 Å². The van der Waals surface area contributed by atoms with E-state index in [1.54, 1.807) is 41.3 Å². The Bertz CT molecular complexity index is 1170. The smallest absolute Gasteiger partial charge is 0.290 e. The Labute approximate surface area is 180 Å². The SMILES string of the molecule is CCCCN1C(=O)c2oc3ccccc3c(=O)c2C1c1cc(OC)c(OC)c(OC)c1. The number of hydrogen-bond acceptors (Lipinski definition) is 6. The molecule has 0 aliphatic carbocycles. The lowest BCUT2D eigenvalue weighted by molar-refractivity contribution is 0.0725. The van der Waals surface area contributed by atoms with Crippen LogP contribution in [0.2, 0.25) is 0 Å². The summed E-state index contributed by atoms with van der Waals surface area (Å²) in [5.74, 6) is 1.17. The van der Waals surface area contributed by atoms with Gasteiger partial charge in [-0.15, -0.1) is 0 Å². The average Bonchev–Trinajstić information content (AvgIpc) is 3.08. The van der Waals surface area contributed by atoms with Crippen molar-refractivity contribution in [1.29, 1.82) is 0 Å². The number of carbonyl (C=O) groups excluding carboxylic acids is 1. The summed E-state index contributed by atoms with van der Waals surface area (Å²) in [6.07, 6.45) is 1.71. The van der Waals surface area contributed by atoms with E-state index >= 15 is 0 Å². The van der Waals surface area contributed by atoms with Crippen molar-refractivity contribution in [1.82, 2.24) is 4.90 Å². The zero-order valence-corrected chi connectivity index (χ0v) is 18.1. The monoisotopic (exact) mass is 423 g/mol. The Morgan fingerprint density at radius 3 is 2.29 bits per heavy atom. The van der Waals surface area contributed by atoms with Crippen LogP contribution in [0.15, 0.2) is 45.6 Å². The highest BCUT2D eigenvalue weighted by atomic mass is 16.5. The lowest BCUT2D eigenvalue weighted by Gasteiger charge is -2.26. The van der Waals surface area contributed by atoms with Crippen LogP contribution < -0.4 is 19.6 Å². The Morgan fingerprint density at radius 2 is 1.68 bits per heavy atom. The zero-order valence-electron chi connectivity index (χ0n) is 18.1. The van der Waals surface area contributed by atoms with Gasteiger partial charge in [-0.1, -0.05) is 25.5 Å². The Balaban J connectivity index is 1.99. The molecule has 7 nitrogen and oxygen atoms in total. The summed E-state index contributed by atoms with van der Waals surface area (Å²) in [6, 6.07) is 9.93. The molecule has 1 unspecified atom stereocenters. The van der Waals surface area contributed by atoms with E-state index in [0.717, 1.165) is 12.8 Å². The summed E-state index contributed by atoms with van der Waals surface area (Å²) in [7, 11) is 4.60. The average molecular weight is 423 g/mol. The van der Waals surface area contributed by atoms with Crippen molar-refractivity contribution >= 4 is 16.9 Å². The first-order chi connectivity index (χ1) is 15.0. The normalized spacial score (nSPS) is 15.3. The maximum atomic E-state index is 13.5. The summed E-state index contributed by atoms with van der Waals surface area (Å²) >= 11 is 0. The van der Waals surface area contributed by atoms with Gasteiger partial charge < -0.3 is 23.5 Å². The fourth-order valence-corrected chi connectivity index (χ4v) is 4.13. The first kappa shape index (κ1) is 20.8. The first-order valence-corrected chi connectivity index (χ1v) is 10.2. The van der Waals surface area contributed by atoms with Gasteiger partial charge >= 0.3 is 0 Å². The molecular formula is C24H25NO6. The van der Waals surface area contributed by atoms with Gasteiger partial charge in [0.15, 0.2) is 16.9 Å². The second-order valence-corrected chi connectivity index (χ2v) is 7.38. The lowest BCUT2D eigenvalue weighted by atomic mass is 9.97. The molecule has 0 spiro atoms. The van der Waals surface area contributed by atoms with Crippen LogP contribution in [0.3, 0.4) is 0 Å². The minimum absolute atomic E-state index is 0.0959. The number of rotatable bonds is 7. The van der Waals surface area contributed by atoms with Gasteiger partial charge in [0.25, 0.3) is 5.91 Å². The van der Waals surface area contributed by atoms with Gasteiger partial charge in [-0.3, -0.25) is 9.59 Å². The highest BCUT2D eigenvalue weighted by molar-refractivity contribution is 5.99. The van der Waals surface area contributed by atoms with Crippen LogP contribution in [0, 0.1) is 0 Å². The van der Waals surface area contributed by atoms with Crippen LogP contribution in [0.1, 0.15) is 47.5 Å². The number of para-hydroxylation sites is 1. The number of ether oxygens (including phenoxy) is 3. The van der Waals surface area contributed by atoms with Crippen LogP contribution in [0.25, 0.3) is 11.0 Å². The number of unbranched alkanes of at least 4 members (excludes halogenated alkanes) is 1. The highest BCUT2D eigenvalue weighted by Gasteiger charge is 2.43. The summed E-state index contributed by atoms with van der Waals surface area (Å²) in [5, 5.41) is 0.448. The van der Waals surface area contributed by atoms with E-state index in [9.17, 15) is 9.59 Å². The minimum Gasteiger partial charge on any atom is -0.493 e. The van der Waals surface area contributed by atoms with Gasteiger partial charge in [0, 0.05) is 6.54 Å². The first-order valence-electron chi connectivity index (χ1n) is 10.2. The molecule has 0 saturated heterocycles. The van der Waals surface area contributed by atoms with Gasteiger partial charge in [-0.05, 0) is 36.2 Å². The van der Waals surface area contributed by atoms with Crippen molar-refractivity contribution in [2.45, 2.75) is 25.8 Å². The molecule has 162 valence electrons. The molecule has 0 radical (unpaired) electrons. The molecule has 4 rings (SSSR count). The van der Waals surface area contributed by atoms with E-state index in [0.29, 0.717) is 45.9 Å². The third-order valence-corrected chi connectivity index (χ3v) is 5.63. The van der Waals surface area contributed by atoms with E-state index in [-0.39, 0.29) is 17.1 Å². The molecule has 0 bridgehead atoms. The van der Waals surface area contributed by atoms with Crippen molar-refractivity contribution in [2.24, 2.45) is 0 Å². The number of methoxy groups -OCH3 is 3. The fraction of sp³-hybridized carbons (Fsp3) is 0.333. The molecule has 1 atom stereocenters. The maximum absolute atomic E-state index is 13.5. The molecule has 2 aromatic carbocycles. The number of carbonyl (C=O) groups is 1. The molecule has 2 heterocycles. The number of hydrogen-bond donors (Lipinski definition) is 0. The minimum atomic E-state index is -0.608. The van der Waals surface area contributed by atoms with Crippen LogP contribution >= 0.6 is 0 Å². The van der Waals surface area contributed by atoms with Crippen LogP contribution in [0.4, 0.5) is 0 Å². The van der Waals surface area contributed by atoms with Crippen molar-refractivity contribution < 1.29 is 23.4 Å². The molecule has 0 N–H and O–H groups in total. The molecular weight excluding hydrogens is 398 g/mol. The van der Waals surface area contributed by atoms with Gasteiger partial charge in [-0.25, -0.2) is 0 Å². The van der Waals surface area contributed by atoms with Crippen molar-refractivity contribution in [3.8, 4) is 17.2 Å². The van der Waals surface area contributed by atoms with E-state index in [1.807, 2.05) is 0 Å². The topological polar surface area (TPSA) is 78.2 Å². The molecule has 1 aliphatic rings. The molecule has 0 saturated carbocycles. The summed E-state index contributed by atoms with van der Waals surface area (Å²) in [6.45, 7) is 2.55. The predicted molar refractivity (Wildman–Crippen MR) is 116 cm³/mol. The molecule has 31 heavy (non-hydrogen) atoms. The number of nitrogens with zero attached hydrogens (tertiary/aromatic N) is 1. The Kier molecular flexibility index (Phi) is 5.59. The molecule has 1 amide bonds. The van der Waals surface area contributed by atoms with E-state index < -0.39 is 6.04 Å². The summed E-state index contributed by atoms with van der Waals surface area (Å²) in [4.78, 5) is 28.5. The molecule has 0 fully saturated rings. The zero-order chi connectivity index (χ0) is 22.1. The number of fused-ring (bicyclic) bond motifs is 2. The van der Waals surface area contributed by atoms with Crippen LogP contribution in [0.5, 0.6) is 17.2 Å².